The maximum Gasteiger partial charge on any atom is 0.417 e. The first-order chi connectivity index (χ1) is 11.8. The number of rotatable bonds is 2. The van der Waals surface area contributed by atoms with Crippen molar-refractivity contribution < 1.29 is 18.0 Å². The Morgan fingerprint density at radius 3 is 2.36 bits per heavy atom. The average Bonchev–Trinajstić information content (AvgIpc) is 2.61. The van der Waals surface area contributed by atoms with E-state index in [9.17, 15) is 18.0 Å². The highest BCUT2D eigenvalue weighted by atomic mass is 79.9. The molecule has 2 aromatic rings. The second kappa shape index (κ2) is 6.99. The molecule has 0 bridgehead atoms. The molecule has 132 valence electrons. The lowest BCUT2D eigenvalue weighted by Gasteiger charge is -2.35. The monoisotopic (exact) mass is 414 g/mol. The van der Waals surface area contributed by atoms with Gasteiger partial charge >= 0.3 is 6.18 Å². The Labute approximate surface area is 150 Å². The van der Waals surface area contributed by atoms with Crippen molar-refractivity contribution in [3.63, 3.8) is 0 Å². The van der Waals surface area contributed by atoms with E-state index in [4.69, 9.17) is 0 Å². The zero-order valence-electron chi connectivity index (χ0n) is 13.0. The maximum absolute atomic E-state index is 12.6. The number of anilines is 1. The van der Waals surface area contributed by atoms with E-state index in [0.717, 1.165) is 16.7 Å². The Morgan fingerprint density at radius 1 is 1.08 bits per heavy atom. The van der Waals surface area contributed by atoms with Gasteiger partial charge in [-0.15, -0.1) is 0 Å². The smallest absolute Gasteiger partial charge is 0.353 e. The molecule has 0 spiro atoms. The minimum atomic E-state index is -4.39. The van der Waals surface area contributed by atoms with Gasteiger partial charge in [0, 0.05) is 49.2 Å². The molecule has 5 nitrogen and oxygen atoms in total. The van der Waals surface area contributed by atoms with E-state index in [0.29, 0.717) is 37.6 Å². The summed E-state index contributed by atoms with van der Waals surface area (Å²) in [6.07, 6.45) is -0.448. The highest BCUT2D eigenvalue weighted by Crippen LogP contribution is 2.29. The van der Waals surface area contributed by atoms with Gasteiger partial charge in [0.1, 0.15) is 5.82 Å². The van der Waals surface area contributed by atoms with Gasteiger partial charge in [-0.25, -0.2) is 4.98 Å². The van der Waals surface area contributed by atoms with Crippen LogP contribution in [0.4, 0.5) is 19.0 Å². The lowest BCUT2D eigenvalue weighted by atomic mass is 10.2. The van der Waals surface area contributed by atoms with Crippen LogP contribution >= 0.6 is 15.9 Å². The number of carbonyl (C=O) groups excluding carboxylic acids is 1. The Hall–Kier alpha value is -2.16. The molecule has 3 rings (SSSR count). The summed E-state index contributed by atoms with van der Waals surface area (Å²) in [5.74, 6) is 0.359. The summed E-state index contributed by atoms with van der Waals surface area (Å²) in [5, 5.41) is 0. The van der Waals surface area contributed by atoms with Crippen molar-refractivity contribution in [2.45, 2.75) is 6.18 Å². The summed E-state index contributed by atoms with van der Waals surface area (Å²) in [7, 11) is 0. The molecule has 25 heavy (non-hydrogen) atoms. The third kappa shape index (κ3) is 4.09. The Kier molecular flexibility index (Phi) is 4.94. The fourth-order valence-electron chi connectivity index (χ4n) is 2.59. The van der Waals surface area contributed by atoms with Crippen LogP contribution in [0, 0.1) is 0 Å². The molecule has 9 heteroatoms. The molecule has 1 saturated heterocycles. The van der Waals surface area contributed by atoms with Crippen molar-refractivity contribution in [1.82, 2.24) is 14.9 Å². The summed E-state index contributed by atoms with van der Waals surface area (Å²) in [5.41, 5.74) is -0.275. The van der Waals surface area contributed by atoms with E-state index in [1.54, 1.807) is 17.2 Å². The second-order valence-corrected chi connectivity index (χ2v) is 6.49. The molecule has 0 N–H and O–H groups in total. The molecule has 0 aliphatic carbocycles. The van der Waals surface area contributed by atoms with Crippen LogP contribution in [-0.2, 0) is 6.18 Å². The molecule has 0 atom stereocenters. The van der Waals surface area contributed by atoms with Crippen molar-refractivity contribution in [2.24, 2.45) is 0 Å². The molecule has 1 fully saturated rings. The summed E-state index contributed by atoms with van der Waals surface area (Å²) in [4.78, 5) is 23.9. The van der Waals surface area contributed by atoms with Gasteiger partial charge in [-0.1, -0.05) is 0 Å². The van der Waals surface area contributed by atoms with Crippen molar-refractivity contribution >= 4 is 27.7 Å². The number of piperazine rings is 1. The molecule has 0 aromatic carbocycles. The number of hydrogen-bond acceptors (Lipinski definition) is 4. The number of pyridine rings is 2. The number of carbonyl (C=O) groups is 1. The van der Waals surface area contributed by atoms with Crippen molar-refractivity contribution in [2.75, 3.05) is 31.1 Å². The largest absolute Gasteiger partial charge is 0.417 e. The lowest BCUT2D eigenvalue weighted by Crippen LogP contribution is -2.49. The van der Waals surface area contributed by atoms with Crippen molar-refractivity contribution in [3.05, 3.63) is 52.4 Å². The van der Waals surface area contributed by atoms with Gasteiger partial charge in [-0.3, -0.25) is 9.78 Å². The van der Waals surface area contributed by atoms with Crippen LogP contribution < -0.4 is 4.90 Å². The maximum atomic E-state index is 12.6. The summed E-state index contributed by atoms with van der Waals surface area (Å²) < 4.78 is 38.5. The molecule has 1 aliphatic rings. The van der Waals surface area contributed by atoms with Gasteiger partial charge < -0.3 is 9.80 Å². The normalized spacial score (nSPS) is 15.4. The van der Waals surface area contributed by atoms with Gasteiger partial charge in [0.2, 0.25) is 0 Å². The van der Waals surface area contributed by atoms with Gasteiger partial charge in [0.25, 0.3) is 5.91 Å². The number of halogens is 4. The molecule has 0 saturated carbocycles. The van der Waals surface area contributed by atoms with E-state index in [1.165, 1.54) is 12.3 Å². The molecule has 2 aromatic heterocycles. The van der Waals surface area contributed by atoms with Crippen LogP contribution in [0.1, 0.15) is 15.9 Å². The highest BCUT2D eigenvalue weighted by Gasteiger charge is 2.31. The molecule has 3 heterocycles. The zero-order chi connectivity index (χ0) is 18.0. The first-order valence-electron chi connectivity index (χ1n) is 7.52. The number of amides is 1. The van der Waals surface area contributed by atoms with E-state index in [-0.39, 0.29) is 5.91 Å². The van der Waals surface area contributed by atoms with Crippen molar-refractivity contribution in [1.29, 1.82) is 0 Å². The zero-order valence-corrected chi connectivity index (χ0v) is 14.6. The number of aromatic nitrogens is 2. The molecule has 0 radical (unpaired) electrons. The van der Waals surface area contributed by atoms with E-state index >= 15 is 0 Å². The van der Waals surface area contributed by atoms with Gasteiger partial charge in [-0.05, 0) is 34.1 Å². The summed E-state index contributed by atoms with van der Waals surface area (Å²) >= 11 is 3.28. The van der Waals surface area contributed by atoms with Crippen LogP contribution in [0.3, 0.4) is 0 Å². The molecule has 0 unspecified atom stereocenters. The minimum absolute atomic E-state index is 0.117. The number of hydrogen-bond donors (Lipinski definition) is 0. The summed E-state index contributed by atoms with van der Waals surface area (Å²) in [6, 6.07) is 4.09. The third-order valence-electron chi connectivity index (χ3n) is 3.92. The van der Waals surface area contributed by atoms with Crippen LogP contribution in [0.2, 0.25) is 0 Å². The van der Waals surface area contributed by atoms with Gasteiger partial charge in [-0.2, -0.15) is 13.2 Å². The van der Waals surface area contributed by atoms with E-state index in [2.05, 4.69) is 25.9 Å². The number of nitrogens with zero attached hydrogens (tertiary/aromatic N) is 4. The molecule has 1 aliphatic heterocycles. The van der Waals surface area contributed by atoms with Crippen molar-refractivity contribution in [3.8, 4) is 0 Å². The van der Waals surface area contributed by atoms with Crippen LogP contribution in [0.5, 0.6) is 0 Å². The van der Waals surface area contributed by atoms with Gasteiger partial charge in [0.05, 0.1) is 11.1 Å². The Morgan fingerprint density at radius 2 is 1.80 bits per heavy atom. The van der Waals surface area contributed by atoms with Crippen LogP contribution in [0.25, 0.3) is 0 Å². The minimum Gasteiger partial charge on any atom is -0.353 e. The first kappa shape index (κ1) is 17.7. The topological polar surface area (TPSA) is 49.3 Å². The predicted octanol–water partition coefficient (Wildman–Crippen LogP) is 3.22. The second-order valence-electron chi connectivity index (χ2n) is 5.57. The fraction of sp³-hybridized carbons (Fsp3) is 0.312. The highest BCUT2D eigenvalue weighted by molar-refractivity contribution is 9.10. The Balaban J connectivity index is 1.63. The lowest BCUT2D eigenvalue weighted by molar-refractivity contribution is -0.137. The fourth-order valence-corrected chi connectivity index (χ4v) is 2.96. The summed E-state index contributed by atoms with van der Waals surface area (Å²) in [6.45, 7) is 1.94. The third-order valence-corrected chi connectivity index (χ3v) is 4.35. The standard InChI is InChI=1S/C16H14BrF3N4O/c17-13-7-11(8-21-10-13)15(25)24-5-3-23(4-6-24)14-2-1-12(9-22-14)16(18,19)20/h1-2,7-10H,3-6H2. The first-order valence-corrected chi connectivity index (χ1v) is 8.32. The van der Waals surface area contributed by atoms with Gasteiger partial charge in [0.15, 0.2) is 0 Å². The van der Waals surface area contributed by atoms with Crippen LogP contribution in [0.15, 0.2) is 41.3 Å². The number of alkyl halides is 3. The average molecular weight is 415 g/mol. The SMILES string of the molecule is O=C(c1cncc(Br)c1)N1CCN(c2ccc(C(F)(F)F)cn2)CC1. The van der Waals surface area contributed by atoms with E-state index in [1.807, 2.05) is 4.90 Å². The quantitative estimate of drug-likeness (QED) is 0.756. The molecular formula is C16H14BrF3N4O. The van der Waals surface area contributed by atoms with E-state index < -0.39 is 11.7 Å². The molecular weight excluding hydrogens is 401 g/mol. The Bertz CT molecular complexity index is 759. The van der Waals surface area contributed by atoms with Crippen LogP contribution in [-0.4, -0.2) is 47.0 Å². The molecule has 1 amide bonds. The predicted molar refractivity (Wildman–Crippen MR) is 89.3 cm³/mol.